The number of aromatic nitrogens is 4. The van der Waals surface area contributed by atoms with Gasteiger partial charge in [-0.1, -0.05) is 24.4 Å². The highest BCUT2D eigenvalue weighted by molar-refractivity contribution is 5.75. The highest BCUT2D eigenvalue weighted by Crippen LogP contribution is 2.31. The smallest absolute Gasteiger partial charge is 0.248 e. The number of carbonyl (C=O) groups is 1. The monoisotopic (exact) mass is 317 g/mol. The normalized spacial score (nSPS) is 17.1. The molecule has 2 aromatic rings. The Morgan fingerprint density at radius 1 is 1.43 bits per heavy atom. The maximum Gasteiger partial charge on any atom is 0.248 e. The van der Waals surface area contributed by atoms with Gasteiger partial charge in [-0.2, -0.15) is 10.1 Å². The van der Waals surface area contributed by atoms with E-state index in [1.165, 1.54) is 19.3 Å². The average molecular weight is 317 g/mol. The summed E-state index contributed by atoms with van der Waals surface area (Å²) in [5.74, 6) is 1.52. The van der Waals surface area contributed by atoms with Gasteiger partial charge in [-0.05, 0) is 32.3 Å². The van der Waals surface area contributed by atoms with Gasteiger partial charge in [0.2, 0.25) is 11.8 Å². The maximum atomic E-state index is 12.1. The zero-order chi connectivity index (χ0) is 16.2. The van der Waals surface area contributed by atoms with Crippen molar-refractivity contribution in [1.82, 2.24) is 25.2 Å². The number of hydrogen-bond acceptors (Lipinski definition) is 5. The van der Waals surface area contributed by atoms with Gasteiger partial charge in [-0.25, -0.2) is 0 Å². The topological polar surface area (TPSA) is 85.8 Å². The Morgan fingerprint density at radius 2 is 2.22 bits per heavy atom. The quantitative estimate of drug-likeness (QED) is 0.915. The molecule has 1 N–H and O–H groups in total. The summed E-state index contributed by atoms with van der Waals surface area (Å²) in [5.41, 5.74) is 1.03. The number of aryl methyl sites for hydroxylation is 1. The molecule has 1 aliphatic carbocycles. The predicted molar refractivity (Wildman–Crippen MR) is 83.6 cm³/mol. The van der Waals surface area contributed by atoms with E-state index in [4.69, 9.17) is 4.52 Å². The molecule has 0 aromatic carbocycles. The first-order chi connectivity index (χ1) is 11.1. The van der Waals surface area contributed by atoms with Crippen molar-refractivity contribution in [2.75, 3.05) is 0 Å². The molecule has 0 spiro atoms. The van der Waals surface area contributed by atoms with Gasteiger partial charge in [0.25, 0.3) is 0 Å². The van der Waals surface area contributed by atoms with Crippen LogP contribution < -0.4 is 5.32 Å². The van der Waals surface area contributed by atoms with Crippen LogP contribution in [0.5, 0.6) is 0 Å². The van der Waals surface area contributed by atoms with Crippen molar-refractivity contribution in [3.8, 4) is 0 Å². The van der Waals surface area contributed by atoms with E-state index < -0.39 is 0 Å². The summed E-state index contributed by atoms with van der Waals surface area (Å²) in [6.45, 7) is 3.97. The van der Waals surface area contributed by atoms with Crippen LogP contribution in [0, 0.1) is 6.92 Å². The Balaban J connectivity index is 1.56. The van der Waals surface area contributed by atoms with E-state index in [1.54, 1.807) is 10.9 Å². The van der Waals surface area contributed by atoms with E-state index in [0.717, 1.165) is 24.2 Å². The first-order valence-electron chi connectivity index (χ1n) is 8.24. The average Bonchev–Trinajstić information content (AvgIpc) is 3.17. The minimum absolute atomic E-state index is 0.127. The molecule has 1 unspecified atom stereocenters. The number of rotatable bonds is 5. The molecule has 0 bridgehead atoms. The van der Waals surface area contributed by atoms with Crippen molar-refractivity contribution in [2.45, 2.75) is 64.5 Å². The lowest BCUT2D eigenvalue weighted by atomic mass is 9.89. The van der Waals surface area contributed by atoms with Crippen molar-refractivity contribution in [1.29, 1.82) is 0 Å². The van der Waals surface area contributed by atoms with Gasteiger partial charge in [0, 0.05) is 12.1 Å². The molecular formula is C16H23N5O2. The summed E-state index contributed by atoms with van der Waals surface area (Å²) in [5, 5.41) is 11.1. The Kier molecular flexibility index (Phi) is 4.73. The molecule has 1 saturated carbocycles. The fourth-order valence-corrected chi connectivity index (χ4v) is 3.00. The van der Waals surface area contributed by atoms with Crippen molar-refractivity contribution in [2.24, 2.45) is 0 Å². The lowest BCUT2D eigenvalue weighted by molar-refractivity contribution is -0.122. The van der Waals surface area contributed by atoms with E-state index >= 15 is 0 Å². The van der Waals surface area contributed by atoms with Gasteiger partial charge in [-0.15, -0.1) is 0 Å². The molecule has 124 valence electrons. The second-order valence-electron chi connectivity index (χ2n) is 6.33. The molecule has 1 amide bonds. The first kappa shape index (κ1) is 15.7. The lowest BCUT2D eigenvalue weighted by Gasteiger charge is -2.17. The Hall–Kier alpha value is -2.18. The molecule has 2 aromatic heterocycles. The Bertz CT molecular complexity index is 657. The number of nitrogens with one attached hydrogen (secondary N) is 1. The second-order valence-corrected chi connectivity index (χ2v) is 6.33. The number of amides is 1. The van der Waals surface area contributed by atoms with Crippen molar-refractivity contribution < 1.29 is 9.32 Å². The predicted octanol–water partition coefficient (Wildman–Crippen LogP) is 2.50. The summed E-state index contributed by atoms with van der Waals surface area (Å²) in [6.07, 6.45) is 9.55. The molecule has 1 atom stereocenters. The van der Waals surface area contributed by atoms with Gasteiger partial charge in [0.1, 0.15) is 12.6 Å². The third-order valence-corrected chi connectivity index (χ3v) is 4.24. The first-order valence-corrected chi connectivity index (χ1v) is 8.24. The number of carbonyl (C=O) groups excluding carboxylic acids is 1. The van der Waals surface area contributed by atoms with Crippen molar-refractivity contribution in [3.05, 3.63) is 29.7 Å². The molecule has 7 heteroatoms. The van der Waals surface area contributed by atoms with Crippen molar-refractivity contribution in [3.63, 3.8) is 0 Å². The zero-order valence-corrected chi connectivity index (χ0v) is 13.7. The summed E-state index contributed by atoms with van der Waals surface area (Å²) in [7, 11) is 0. The van der Waals surface area contributed by atoms with Gasteiger partial charge < -0.3 is 9.84 Å². The Labute approximate surface area is 135 Å². The van der Waals surface area contributed by atoms with Gasteiger partial charge in [0.05, 0.1) is 6.20 Å². The number of hydrogen-bond donors (Lipinski definition) is 1. The zero-order valence-electron chi connectivity index (χ0n) is 13.7. The maximum absolute atomic E-state index is 12.1. The highest BCUT2D eigenvalue weighted by Gasteiger charge is 2.23. The van der Waals surface area contributed by atoms with Gasteiger partial charge in [0.15, 0.2) is 5.82 Å². The molecule has 0 aliphatic heterocycles. The summed E-state index contributed by atoms with van der Waals surface area (Å²) >= 11 is 0. The molecule has 3 rings (SSSR count). The second kappa shape index (κ2) is 6.93. The van der Waals surface area contributed by atoms with E-state index in [1.807, 2.05) is 20.0 Å². The van der Waals surface area contributed by atoms with E-state index in [2.05, 4.69) is 20.6 Å². The SMILES string of the molecule is Cc1cnn(CC(=O)NC(C)c2nc(C3CCCCC3)no2)c1. The van der Waals surface area contributed by atoms with Crippen LogP contribution in [0.1, 0.15) is 68.3 Å². The van der Waals surface area contributed by atoms with E-state index in [0.29, 0.717) is 11.8 Å². The van der Waals surface area contributed by atoms with Gasteiger partial charge in [-0.3, -0.25) is 9.48 Å². The fraction of sp³-hybridized carbons (Fsp3) is 0.625. The molecule has 0 radical (unpaired) electrons. The van der Waals surface area contributed by atoms with Crippen LogP contribution in [0.15, 0.2) is 16.9 Å². The summed E-state index contributed by atoms with van der Waals surface area (Å²) < 4.78 is 6.95. The fourth-order valence-electron chi connectivity index (χ4n) is 3.00. The van der Waals surface area contributed by atoms with Crippen LogP contribution in [-0.2, 0) is 11.3 Å². The minimum Gasteiger partial charge on any atom is -0.343 e. The third-order valence-electron chi connectivity index (χ3n) is 4.24. The van der Waals surface area contributed by atoms with Crippen LogP contribution >= 0.6 is 0 Å². The molecule has 1 aliphatic rings. The van der Waals surface area contributed by atoms with Crippen LogP contribution in [0.3, 0.4) is 0 Å². The van der Waals surface area contributed by atoms with Crippen LogP contribution in [-0.4, -0.2) is 25.8 Å². The molecule has 7 nitrogen and oxygen atoms in total. The molecular weight excluding hydrogens is 294 g/mol. The number of nitrogens with zero attached hydrogens (tertiary/aromatic N) is 4. The minimum atomic E-state index is -0.302. The standard InChI is InChI=1S/C16H23N5O2/c1-11-8-17-21(9-11)10-14(22)18-12(2)16-19-15(20-23-16)13-6-4-3-5-7-13/h8-9,12-13H,3-7,10H2,1-2H3,(H,18,22). The third kappa shape index (κ3) is 3.97. The van der Waals surface area contributed by atoms with E-state index in [-0.39, 0.29) is 18.5 Å². The summed E-state index contributed by atoms with van der Waals surface area (Å²) in [4.78, 5) is 16.5. The molecule has 2 heterocycles. The lowest BCUT2D eigenvalue weighted by Crippen LogP contribution is -2.30. The molecule has 1 fully saturated rings. The Morgan fingerprint density at radius 3 is 2.91 bits per heavy atom. The largest absolute Gasteiger partial charge is 0.343 e. The van der Waals surface area contributed by atoms with Crippen LogP contribution in [0.2, 0.25) is 0 Å². The molecule has 23 heavy (non-hydrogen) atoms. The van der Waals surface area contributed by atoms with Crippen molar-refractivity contribution >= 4 is 5.91 Å². The summed E-state index contributed by atoms with van der Waals surface area (Å²) in [6, 6.07) is -0.302. The molecule has 0 saturated heterocycles. The van der Waals surface area contributed by atoms with E-state index in [9.17, 15) is 4.79 Å². The van der Waals surface area contributed by atoms with Crippen LogP contribution in [0.25, 0.3) is 0 Å². The van der Waals surface area contributed by atoms with Gasteiger partial charge >= 0.3 is 0 Å². The van der Waals surface area contributed by atoms with Crippen LogP contribution in [0.4, 0.5) is 0 Å². The highest BCUT2D eigenvalue weighted by atomic mass is 16.5.